The Balaban J connectivity index is 2.69. The number of nitro groups is 1. The van der Waals surface area contributed by atoms with Crippen molar-refractivity contribution in [2.24, 2.45) is 0 Å². The molecule has 10 heteroatoms. The predicted molar refractivity (Wildman–Crippen MR) is 60.1 cm³/mol. The first-order chi connectivity index (χ1) is 9.32. The first kappa shape index (κ1) is 14.3. The van der Waals surface area contributed by atoms with E-state index < -0.39 is 45.2 Å². The van der Waals surface area contributed by atoms with Gasteiger partial charge in [-0.2, -0.15) is 5.10 Å². The highest BCUT2D eigenvalue weighted by molar-refractivity contribution is 6.32. The monoisotopic (exact) mass is 309 g/mol. The molecule has 0 saturated heterocycles. The molecule has 0 bridgehead atoms. The fourth-order valence-corrected chi connectivity index (χ4v) is 1.83. The number of aromatic nitrogens is 2. The van der Waals surface area contributed by atoms with Gasteiger partial charge < -0.3 is 0 Å². The first-order valence-corrected chi connectivity index (χ1v) is 5.37. The zero-order valence-corrected chi connectivity index (χ0v) is 10.1. The topological polar surface area (TPSA) is 61.0 Å². The van der Waals surface area contributed by atoms with E-state index >= 15 is 0 Å². The second-order valence-corrected chi connectivity index (χ2v) is 3.95. The summed E-state index contributed by atoms with van der Waals surface area (Å²) in [5, 5.41) is 13.1. The van der Waals surface area contributed by atoms with Crippen molar-refractivity contribution in [3.8, 4) is 5.69 Å². The summed E-state index contributed by atoms with van der Waals surface area (Å²) < 4.78 is 52.1. The molecule has 0 amide bonds. The Morgan fingerprint density at radius 2 is 2.00 bits per heavy atom. The van der Waals surface area contributed by atoms with Crippen molar-refractivity contribution >= 4 is 17.3 Å². The van der Waals surface area contributed by atoms with Crippen LogP contribution in [0.2, 0.25) is 5.15 Å². The van der Waals surface area contributed by atoms with E-state index in [-0.39, 0.29) is 0 Å². The molecule has 0 aliphatic heterocycles. The summed E-state index contributed by atoms with van der Waals surface area (Å²) in [6, 6.07) is 2.19. The van der Waals surface area contributed by atoms with Gasteiger partial charge in [0, 0.05) is 6.07 Å². The molecule has 0 fully saturated rings. The van der Waals surface area contributed by atoms with Gasteiger partial charge in [0.05, 0.1) is 4.92 Å². The number of hydrogen-bond acceptors (Lipinski definition) is 3. The van der Waals surface area contributed by atoms with Crippen LogP contribution in [0.25, 0.3) is 5.69 Å². The Labute approximate surface area is 113 Å². The van der Waals surface area contributed by atoms with Gasteiger partial charge in [0.1, 0.15) is 11.5 Å². The lowest BCUT2D eigenvalue weighted by molar-refractivity contribution is -0.386. The maximum Gasteiger partial charge on any atom is 0.335 e. The molecule has 2 rings (SSSR count). The lowest BCUT2D eigenvalue weighted by Crippen LogP contribution is -2.01. The van der Waals surface area contributed by atoms with Crippen molar-refractivity contribution in [3.63, 3.8) is 0 Å². The Bertz CT molecular complexity index is 689. The van der Waals surface area contributed by atoms with Crippen LogP contribution >= 0.6 is 11.6 Å². The Hall–Kier alpha value is -2.16. The van der Waals surface area contributed by atoms with E-state index in [9.17, 15) is 27.7 Å². The summed E-state index contributed by atoms with van der Waals surface area (Å²) >= 11 is 5.58. The summed E-state index contributed by atoms with van der Waals surface area (Å²) in [6.45, 7) is 0. The Morgan fingerprint density at radius 3 is 2.45 bits per heavy atom. The highest BCUT2D eigenvalue weighted by Gasteiger charge is 2.33. The van der Waals surface area contributed by atoms with E-state index in [0.717, 1.165) is 12.1 Å². The maximum atomic E-state index is 13.5. The van der Waals surface area contributed by atoms with Crippen LogP contribution in [-0.4, -0.2) is 14.7 Å². The Kier molecular flexibility index (Phi) is 3.62. The van der Waals surface area contributed by atoms with Crippen molar-refractivity contribution in [2.75, 3.05) is 0 Å². The Morgan fingerprint density at radius 1 is 1.35 bits per heavy atom. The number of rotatable bonds is 3. The van der Waals surface area contributed by atoms with Crippen LogP contribution in [0.4, 0.5) is 23.2 Å². The molecule has 1 heterocycles. The lowest BCUT2D eigenvalue weighted by Gasteiger charge is -2.03. The minimum atomic E-state index is -3.27. The highest BCUT2D eigenvalue weighted by atomic mass is 35.5. The van der Waals surface area contributed by atoms with E-state index in [0.29, 0.717) is 10.7 Å². The number of nitrogens with zero attached hydrogens (tertiary/aromatic N) is 3. The first-order valence-electron chi connectivity index (χ1n) is 4.99. The molecule has 2 aromatic rings. The second-order valence-electron chi connectivity index (χ2n) is 3.59. The van der Waals surface area contributed by atoms with Crippen LogP contribution in [0.5, 0.6) is 0 Å². The molecule has 0 spiro atoms. The van der Waals surface area contributed by atoms with Gasteiger partial charge in [-0.15, -0.1) is 0 Å². The van der Waals surface area contributed by atoms with Gasteiger partial charge >= 0.3 is 5.69 Å². The molecule has 20 heavy (non-hydrogen) atoms. The predicted octanol–water partition coefficient (Wildman–Crippen LogP) is 3.65. The molecular formula is C10H4ClF4N3O2. The molecular weight excluding hydrogens is 306 g/mol. The van der Waals surface area contributed by atoms with Crippen LogP contribution in [0, 0.1) is 21.7 Å². The van der Waals surface area contributed by atoms with Crippen molar-refractivity contribution < 1.29 is 22.5 Å². The number of hydrogen-bond donors (Lipinski definition) is 0. The number of benzene rings is 1. The molecule has 5 nitrogen and oxygen atoms in total. The van der Waals surface area contributed by atoms with E-state index in [2.05, 4.69) is 5.10 Å². The van der Waals surface area contributed by atoms with E-state index in [4.69, 9.17) is 11.6 Å². The van der Waals surface area contributed by atoms with E-state index in [1.165, 1.54) is 0 Å². The molecule has 1 aromatic carbocycles. The third kappa shape index (κ3) is 2.31. The van der Waals surface area contributed by atoms with Crippen molar-refractivity contribution in [3.05, 3.63) is 50.8 Å². The SMILES string of the molecule is O=[N+]([O-])c1c(C(F)F)nn(-c2ccc(F)cc2F)c1Cl. The normalized spacial score (nSPS) is 11.1. The van der Waals surface area contributed by atoms with Crippen LogP contribution in [0.15, 0.2) is 18.2 Å². The zero-order valence-electron chi connectivity index (χ0n) is 9.36. The van der Waals surface area contributed by atoms with Crippen LogP contribution in [-0.2, 0) is 0 Å². The quantitative estimate of drug-likeness (QED) is 0.494. The summed E-state index contributed by atoms with van der Waals surface area (Å²) in [5.74, 6) is -2.05. The minimum Gasteiger partial charge on any atom is -0.258 e. The summed E-state index contributed by atoms with van der Waals surface area (Å²) in [5.41, 5.74) is -2.79. The molecule has 0 atom stereocenters. The van der Waals surface area contributed by atoms with Crippen molar-refractivity contribution in [1.29, 1.82) is 0 Å². The largest absolute Gasteiger partial charge is 0.335 e. The lowest BCUT2D eigenvalue weighted by atomic mass is 10.3. The standard InChI is InChI=1S/C10H4ClF4N3O2/c11-9-8(18(19)20)7(10(14)15)16-17(9)6-2-1-4(12)3-5(6)13/h1-3,10H. The van der Waals surface area contributed by atoms with Crippen LogP contribution < -0.4 is 0 Å². The average Bonchev–Trinajstić information content (AvgIpc) is 2.67. The molecule has 0 saturated carbocycles. The van der Waals surface area contributed by atoms with Gasteiger partial charge in [0.2, 0.25) is 10.8 Å². The van der Waals surface area contributed by atoms with E-state index in [1.807, 2.05) is 0 Å². The fraction of sp³-hybridized carbons (Fsp3) is 0.100. The minimum absolute atomic E-state index is 0.427. The maximum absolute atomic E-state index is 13.5. The van der Waals surface area contributed by atoms with Gasteiger partial charge in [0.15, 0.2) is 5.82 Å². The molecule has 0 aliphatic rings. The van der Waals surface area contributed by atoms with Crippen LogP contribution in [0.1, 0.15) is 12.1 Å². The van der Waals surface area contributed by atoms with Gasteiger partial charge in [-0.25, -0.2) is 22.2 Å². The van der Waals surface area contributed by atoms with Crippen molar-refractivity contribution in [1.82, 2.24) is 9.78 Å². The summed E-state index contributed by atoms with van der Waals surface area (Å²) in [4.78, 5) is 9.57. The molecule has 0 radical (unpaired) electrons. The van der Waals surface area contributed by atoms with Crippen molar-refractivity contribution in [2.45, 2.75) is 6.43 Å². The number of halogens is 5. The van der Waals surface area contributed by atoms with Gasteiger partial charge in [-0.05, 0) is 12.1 Å². The number of alkyl halides is 2. The third-order valence-corrected chi connectivity index (χ3v) is 2.70. The summed E-state index contributed by atoms with van der Waals surface area (Å²) in [6.07, 6.45) is -3.27. The molecule has 106 valence electrons. The third-order valence-electron chi connectivity index (χ3n) is 2.36. The highest BCUT2D eigenvalue weighted by Crippen LogP contribution is 2.36. The smallest absolute Gasteiger partial charge is 0.258 e. The van der Waals surface area contributed by atoms with Crippen LogP contribution in [0.3, 0.4) is 0 Å². The van der Waals surface area contributed by atoms with Gasteiger partial charge in [-0.1, -0.05) is 11.6 Å². The second kappa shape index (κ2) is 5.08. The van der Waals surface area contributed by atoms with E-state index in [1.54, 1.807) is 0 Å². The summed E-state index contributed by atoms with van der Waals surface area (Å²) in [7, 11) is 0. The molecule has 1 aromatic heterocycles. The van der Waals surface area contributed by atoms with Gasteiger partial charge in [-0.3, -0.25) is 10.1 Å². The zero-order chi connectivity index (χ0) is 15.0. The van der Waals surface area contributed by atoms with Gasteiger partial charge in [0.25, 0.3) is 6.43 Å². The molecule has 0 unspecified atom stereocenters. The molecule has 0 N–H and O–H groups in total. The average molecular weight is 310 g/mol. The fourth-order valence-electron chi connectivity index (χ4n) is 1.53. The molecule has 0 aliphatic carbocycles.